The Balaban J connectivity index is 1.66. The van der Waals surface area contributed by atoms with Crippen molar-refractivity contribution in [1.29, 1.82) is 0 Å². The van der Waals surface area contributed by atoms with E-state index in [0.29, 0.717) is 10.3 Å². The van der Waals surface area contributed by atoms with Crippen LogP contribution in [0.5, 0.6) is 5.75 Å². The lowest BCUT2D eigenvalue weighted by molar-refractivity contribution is 0.201. The second kappa shape index (κ2) is 7.53. The lowest BCUT2D eigenvalue weighted by atomic mass is 10.2. The van der Waals surface area contributed by atoms with Gasteiger partial charge in [0.2, 0.25) is 0 Å². The van der Waals surface area contributed by atoms with E-state index in [1.54, 1.807) is 54.6 Å². The lowest BCUT2D eigenvalue weighted by Gasteiger charge is -2.08. The van der Waals surface area contributed by atoms with E-state index in [1.807, 2.05) is 6.92 Å². The average molecular weight is 424 g/mol. The second-order valence-electron chi connectivity index (χ2n) is 6.49. The number of nitrogens with one attached hydrogen (secondary N) is 1. The molecule has 0 aliphatic carbocycles. The highest BCUT2D eigenvalue weighted by Gasteiger charge is 2.21. The number of benzene rings is 3. The third kappa shape index (κ3) is 3.83. The van der Waals surface area contributed by atoms with Gasteiger partial charge in [0.15, 0.2) is 5.58 Å². The van der Waals surface area contributed by atoms with Gasteiger partial charge in [-0.25, -0.2) is 18.0 Å². The van der Waals surface area contributed by atoms with Crippen LogP contribution in [0.1, 0.15) is 5.56 Å². The molecule has 0 aliphatic rings. The van der Waals surface area contributed by atoms with Gasteiger partial charge in [0, 0.05) is 11.8 Å². The molecule has 8 nitrogen and oxygen atoms in total. The Morgan fingerprint density at radius 3 is 2.40 bits per heavy atom. The highest BCUT2D eigenvalue weighted by molar-refractivity contribution is 7.92. The molecular formula is C21H16N2O6S. The number of para-hydroxylation sites is 1. The van der Waals surface area contributed by atoms with E-state index in [4.69, 9.17) is 9.15 Å². The molecule has 9 heteroatoms. The molecule has 0 unspecified atom stereocenters. The number of rotatable bonds is 4. The zero-order valence-electron chi connectivity index (χ0n) is 15.7. The first-order valence-electron chi connectivity index (χ1n) is 8.86. The van der Waals surface area contributed by atoms with Crippen LogP contribution in [-0.2, 0) is 10.0 Å². The van der Waals surface area contributed by atoms with Crippen molar-refractivity contribution in [2.45, 2.75) is 11.8 Å². The van der Waals surface area contributed by atoms with Crippen molar-refractivity contribution in [3.8, 4) is 5.75 Å². The number of sulfonamides is 1. The minimum Gasteiger partial charge on any atom is -0.410 e. The first-order valence-corrected chi connectivity index (χ1v) is 10.3. The minimum atomic E-state index is -3.93. The van der Waals surface area contributed by atoms with Crippen LogP contribution in [0.4, 0.5) is 10.5 Å². The van der Waals surface area contributed by atoms with Crippen molar-refractivity contribution in [3.63, 3.8) is 0 Å². The average Bonchev–Trinajstić information content (AvgIpc) is 3.05. The fourth-order valence-corrected chi connectivity index (χ4v) is 3.88. The zero-order chi connectivity index (χ0) is 21.3. The van der Waals surface area contributed by atoms with Crippen LogP contribution in [0.3, 0.4) is 0 Å². The van der Waals surface area contributed by atoms with E-state index >= 15 is 0 Å². The highest BCUT2D eigenvalue weighted by atomic mass is 32.2. The van der Waals surface area contributed by atoms with Crippen LogP contribution in [0, 0.1) is 6.92 Å². The van der Waals surface area contributed by atoms with Crippen LogP contribution >= 0.6 is 0 Å². The summed E-state index contributed by atoms with van der Waals surface area (Å²) >= 11 is 0. The molecule has 0 atom stereocenters. The number of fused-ring (bicyclic) bond motifs is 1. The number of anilines is 1. The molecule has 1 N–H and O–H groups in total. The van der Waals surface area contributed by atoms with Crippen molar-refractivity contribution in [1.82, 2.24) is 4.57 Å². The van der Waals surface area contributed by atoms with Gasteiger partial charge in [-0.05, 0) is 43.3 Å². The molecule has 0 aliphatic heterocycles. The molecule has 0 saturated carbocycles. The van der Waals surface area contributed by atoms with Crippen molar-refractivity contribution in [3.05, 3.63) is 88.9 Å². The summed E-state index contributed by atoms with van der Waals surface area (Å²) in [6.45, 7) is 1.89. The molecule has 1 heterocycles. The van der Waals surface area contributed by atoms with Gasteiger partial charge in [0.05, 0.1) is 4.90 Å². The molecule has 0 saturated heterocycles. The summed E-state index contributed by atoms with van der Waals surface area (Å²) in [6, 6.07) is 18.8. The maximum atomic E-state index is 12.7. The van der Waals surface area contributed by atoms with Crippen molar-refractivity contribution >= 4 is 32.9 Å². The summed E-state index contributed by atoms with van der Waals surface area (Å²) in [5.74, 6) is -0.725. The van der Waals surface area contributed by atoms with Crippen LogP contribution in [0.25, 0.3) is 11.1 Å². The number of ether oxygens (including phenoxy) is 1. The number of aromatic nitrogens is 1. The quantitative estimate of drug-likeness (QED) is 0.535. The summed E-state index contributed by atoms with van der Waals surface area (Å²) in [5, 5.41) is 0. The van der Waals surface area contributed by atoms with Gasteiger partial charge in [0.1, 0.15) is 11.3 Å². The third-order valence-electron chi connectivity index (χ3n) is 4.30. The number of hydrogen-bond donors (Lipinski definition) is 1. The molecule has 30 heavy (non-hydrogen) atoms. The molecule has 0 radical (unpaired) electrons. The Bertz CT molecular complexity index is 1390. The van der Waals surface area contributed by atoms with Gasteiger partial charge in [-0.1, -0.05) is 35.9 Å². The molecule has 3 aromatic carbocycles. The highest BCUT2D eigenvalue weighted by Crippen LogP contribution is 2.22. The number of carbonyl (C=O) groups excluding carboxylic acids is 1. The Kier molecular flexibility index (Phi) is 4.88. The number of oxazole rings is 1. The largest absolute Gasteiger partial charge is 0.429 e. The summed E-state index contributed by atoms with van der Waals surface area (Å²) in [6.07, 6.45) is -0.960. The minimum absolute atomic E-state index is 0.0585. The molecular weight excluding hydrogens is 408 g/mol. The number of aryl methyl sites for hydroxylation is 1. The summed E-state index contributed by atoms with van der Waals surface area (Å²) < 4.78 is 38.7. The van der Waals surface area contributed by atoms with Crippen molar-refractivity contribution in [2.24, 2.45) is 0 Å². The van der Waals surface area contributed by atoms with E-state index < -0.39 is 21.9 Å². The summed E-state index contributed by atoms with van der Waals surface area (Å²) in [5.41, 5.74) is 1.42. The van der Waals surface area contributed by atoms with E-state index in [0.717, 1.165) is 5.56 Å². The summed E-state index contributed by atoms with van der Waals surface area (Å²) in [4.78, 5) is 24.5. The first-order chi connectivity index (χ1) is 14.3. The maximum absolute atomic E-state index is 12.7. The Morgan fingerprint density at radius 1 is 1.00 bits per heavy atom. The lowest BCUT2D eigenvalue weighted by Crippen LogP contribution is -2.26. The van der Waals surface area contributed by atoms with E-state index in [1.165, 1.54) is 18.2 Å². The molecule has 0 amide bonds. The van der Waals surface area contributed by atoms with Crippen LogP contribution in [0.15, 0.2) is 86.9 Å². The Hall–Kier alpha value is -3.85. The van der Waals surface area contributed by atoms with Crippen LogP contribution in [0.2, 0.25) is 0 Å². The van der Waals surface area contributed by atoms with Gasteiger partial charge in [-0.15, -0.1) is 0 Å². The zero-order valence-corrected chi connectivity index (χ0v) is 16.5. The Morgan fingerprint density at radius 2 is 1.70 bits per heavy atom. The fraction of sp³-hybridized carbons (Fsp3) is 0.0476. The number of hydrogen-bond acceptors (Lipinski definition) is 6. The number of carbonyl (C=O) groups is 1. The molecule has 4 rings (SSSR count). The monoisotopic (exact) mass is 424 g/mol. The summed E-state index contributed by atoms with van der Waals surface area (Å²) in [7, 11) is -3.93. The van der Waals surface area contributed by atoms with Crippen molar-refractivity contribution in [2.75, 3.05) is 4.72 Å². The second-order valence-corrected chi connectivity index (χ2v) is 8.17. The van der Waals surface area contributed by atoms with Crippen molar-refractivity contribution < 1.29 is 22.4 Å². The van der Waals surface area contributed by atoms with Gasteiger partial charge >= 0.3 is 11.8 Å². The smallest absolute Gasteiger partial charge is 0.410 e. The molecule has 4 aromatic rings. The molecule has 0 bridgehead atoms. The molecule has 0 fully saturated rings. The predicted molar refractivity (Wildman–Crippen MR) is 110 cm³/mol. The molecule has 1 aromatic heterocycles. The van der Waals surface area contributed by atoms with E-state index in [9.17, 15) is 18.0 Å². The van der Waals surface area contributed by atoms with E-state index in [-0.39, 0.29) is 21.7 Å². The van der Waals surface area contributed by atoms with Gasteiger partial charge < -0.3 is 9.15 Å². The van der Waals surface area contributed by atoms with Gasteiger partial charge in [0.25, 0.3) is 10.0 Å². The van der Waals surface area contributed by atoms with Gasteiger partial charge in [-0.3, -0.25) is 4.72 Å². The molecule has 0 spiro atoms. The van der Waals surface area contributed by atoms with Crippen LogP contribution in [-0.4, -0.2) is 19.1 Å². The topological polar surface area (TPSA) is 108 Å². The SMILES string of the molecule is Cc1ccc(NS(=O)(=O)c2ccc3c(c2)oc(=O)n3C(=O)Oc2ccccc2)cc1. The van der Waals surface area contributed by atoms with E-state index in [2.05, 4.69) is 4.72 Å². The normalized spacial score (nSPS) is 11.4. The Labute approximate surface area is 171 Å². The first kappa shape index (κ1) is 19.5. The standard InChI is InChI=1S/C21H16N2O6S/c1-14-7-9-15(10-8-14)22-30(26,27)17-11-12-18-19(13-17)29-21(25)23(18)20(24)28-16-5-3-2-4-6-16/h2-13,22H,1H3. The molecule has 152 valence electrons. The van der Waals surface area contributed by atoms with Gasteiger partial charge in [-0.2, -0.15) is 4.57 Å². The third-order valence-corrected chi connectivity index (χ3v) is 5.68. The van der Waals surface area contributed by atoms with Crippen LogP contribution < -0.4 is 15.2 Å². The predicted octanol–water partition coefficient (Wildman–Crippen LogP) is 3.75. The number of nitrogens with zero attached hydrogens (tertiary/aromatic N) is 1. The fourth-order valence-electron chi connectivity index (χ4n) is 2.81. The maximum Gasteiger partial charge on any atom is 0.429 e.